The summed E-state index contributed by atoms with van der Waals surface area (Å²) in [7, 11) is 1.29. The minimum atomic E-state index is -0.715. The number of halogens is 1. The first kappa shape index (κ1) is 15.5. The zero-order chi connectivity index (χ0) is 16.6. The largest absolute Gasteiger partial charge is 0.466 e. The van der Waals surface area contributed by atoms with Crippen LogP contribution in [0.1, 0.15) is 37.7 Å². The molecule has 1 aromatic carbocycles. The minimum absolute atomic E-state index is 0.0408. The van der Waals surface area contributed by atoms with Gasteiger partial charge in [0.05, 0.1) is 18.6 Å². The third-order valence-corrected chi connectivity index (χ3v) is 4.40. The van der Waals surface area contributed by atoms with E-state index in [1.807, 2.05) is 0 Å². The lowest BCUT2D eigenvalue weighted by Gasteiger charge is -2.34. The van der Waals surface area contributed by atoms with Crippen LogP contribution in [-0.4, -0.2) is 18.9 Å². The topological polar surface area (TPSA) is 55.4 Å². The maximum Gasteiger partial charge on any atom is 0.336 e. The van der Waals surface area contributed by atoms with Crippen LogP contribution in [0.5, 0.6) is 0 Å². The number of rotatable bonds is 2. The summed E-state index contributed by atoms with van der Waals surface area (Å²) >= 11 is 0. The number of Topliss-reactive ketones (excluding diaryl/α,β-unsaturated/α-hetero) is 1. The Hall–Kier alpha value is -2.43. The second-order valence-electron chi connectivity index (χ2n) is 5.78. The minimum Gasteiger partial charge on any atom is -0.466 e. The first-order chi connectivity index (χ1) is 11.0. The molecule has 0 radical (unpaired) electrons. The van der Waals surface area contributed by atoms with E-state index >= 15 is 0 Å². The molecule has 1 aromatic rings. The summed E-state index contributed by atoms with van der Waals surface area (Å²) in [4.78, 5) is 24.8. The molecule has 23 heavy (non-hydrogen) atoms. The molecule has 0 saturated heterocycles. The Morgan fingerprint density at radius 1 is 1.30 bits per heavy atom. The lowest BCUT2D eigenvalue weighted by atomic mass is 9.75. The zero-order valence-corrected chi connectivity index (χ0v) is 13.1. The van der Waals surface area contributed by atoms with Gasteiger partial charge in [-0.1, -0.05) is 18.2 Å². The van der Waals surface area contributed by atoms with Crippen LogP contribution in [0.4, 0.5) is 4.39 Å². The molecular weight excluding hydrogens is 297 g/mol. The molecule has 0 bridgehead atoms. The molecule has 1 heterocycles. The van der Waals surface area contributed by atoms with Crippen LogP contribution >= 0.6 is 0 Å². The standard InChI is InChI=1S/C18H18FNO3/c1-10-15(18(22)23-2)16(11-6-3-4-7-12(11)19)17-13(20-10)8-5-9-14(17)21/h3-4,6-7,16,20H,5,8-9H2,1-2H3. The Morgan fingerprint density at radius 3 is 2.74 bits per heavy atom. The van der Waals surface area contributed by atoms with Crippen LogP contribution in [0.3, 0.4) is 0 Å². The molecule has 0 amide bonds. The van der Waals surface area contributed by atoms with Gasteiger partial charge in [0.1, 0.15) is 5.82 Å². The van der Waals surface area contributed by atoms with Gasteiger partial charge in [0, 0.05) is 29.0 Å². The molecule has 1 N–H and O–H groups in total. The number of methoxy groups -OCH3 is 1. The highest BCUT2D eigenvalue weighted by atomic mass is 19.1. The molecule has 1 aliphatic carbocycles. The quantitative estimate of drug-likeness (QED) is 0.853. The van der Waals surface area contributed by atoms with Crippen molar-refractivity contribution in [2.75, 3.05) is 7.11 Å². The van der Waals surface area contributed by atoms with E-state index in [-0.39, 0.29) is 5.78 Å². The number of nitrogens with one attached hydrogen (secondary N) is 1. The Bertz CT molecular complexity index is 748. The first-order valence-corrected chi connectivity index (χ1v) is 7.61. The van der Waals surface area contributed by atoms with Crippen molar-refractivity contribution in [3.63, 3.8) is 0 Å². The number of ketones is 1. The van der Waals surface area contributed by atoms with Crippen molar-refractivity contribution in [3.8, 4) is 0 Å². The van der Waals surface area contributed by atoms with Crippen LogP contribution in [-0.2, 0) is 14.3 Å². The molecule has 3 rings (SSSR count). The number of benzene rings is 1. The average molecular weight is 315 g/mol. The van der Waals surface area contributed by atoms with E-state index in [4.69, 9.17) is 4.74 Å². The summed E-state index contributed by atoms with van der Waals surface area (Å²) in [6.45, 7) is 1.75. The number of carbonyl (C=O) groups excluding carboxylic acids is 2. The molecule has 2 aliphatic rings. The molecule has 1 atom stereocenters. The number of esters is 1. The number of carbonyl (C=O) groups is 2. The third kappa shape index (κ3) is 2.56. The summed E-state index contributed by atoms with van der Waals surface area (Å²) in [6.07, 6.45) is 1.90. The number of dihydropyridines is 1. The Balaban J connectivity index is 2.23. The van der Waals surface area contributed by atoms with E-state index in [1.54, 1.807) is 25.1 Å². The molecular formula is C18H18FNO3. The van der Waals surface area contributed by atoms with E-state index in [0.717, 1.165) is 18.5 Å². The lowest BCUT2D eigenvalue weighted by molar-refractivity contribution is -0.136. The predicted octanol–water partition coefficient (Wildman–Crippen LogP) is 2.97. The molecule has 120 valence electrons. The fourth-order valence-electron chi connectivity index (χ4n) is 3.38. The van der Waals surface area contributed by atoms with Gasteiger partial charge < -0.3 is 10.1 Å². The Morgan fingerprint density at radius 2 is 2.04 bits per heavy atom. The van der Waals surface area contributed by atoms with Crippen molar-refractivity contribution in [1.82, 2.24) is 5.32 Å². The molecule has 0 fully saturated rings. The van der Waals surface area contributed by atoms with Crippen molar-refractivity contribution < 1.29 is 18.7 Å². The van der Waals surface area contributed by atoms with Crippen LogP contribution in [0.2, 0.25) is 0 Å². The van der Waals surface area contributed by atoms with Gasteiger partial charge in [-0.05, 0) is 25.8 Å². The molecule has 5 heteroatoms. The predicted molar refractivity (Wildman–Crippen MR) is 82.9 cm³/mol. The molecule has 0 saturated carbocycles. The highest BCUT2D eigenvalue weighted by molar-refractivity contribution is 6.03. The Labute approximate surface area is 134 Å². The molecule has 0 aromatic heterocycles. The van der Waals surface area contributed by atoms with Crippen molar-refractivity contribution in [1.29, 1.82) is 0 Å². The summed E-state index contributed by atoms with van der Waals surface area (Å²) in [5.74, 6) is -1.74. The van der Waals surface area contributed by atoms with Gasteiger partial charge in [-0.15, -0.1) is 0 Å². The monoisotopic (exact) mass is 315 g/mol. The van der Waals surface area contributed by atoms with Crippen LogP contribution in [0.25, 0.3) is 0 Å². The van der Waals surface area contributed by atoms with Crippen LogP contribution in [0.15, 0.2) is 46.8 Å². The zero-order valence-electron chi connectivity index (χ0n) is 13.1. The van der Waals surface area contributed by atoms with E-state index in [0.29, 0.717) is 28.8 Å². The van der Waals surface area contributed by atoms with E-state index < -0.39 is 17.7 Å². The summed E-state index contributed by atoms with van der Waals surface area (Å²) < 4.78 is 19.3. The van der Waals surface area contributed by atoms with Gasteiger partial charge >= 0.3 is 5.97 Å². The summed E-state index contributed by atoms with van der Waals surface area (Å²) in [5.41, 5.74) is 2.52. The van der Waals surface area contributed by atoms with E-state index in [2.05, 4.69) is 5.32 Å². The smallest absolute Gasteiger partial charge is 0.336 e. The van der Waals surface area contributed by atoms with Gasteiger partial charge in [-0.2, -0.15) is 0 Å². The van der Waals surface area contributed by atoms with Crippen molar-refractivity contribution >= 4 is 11.8 Å². The molecule has 0 spiro atoms. The fraction of sp³-hybridized carbons (Fsp3) is 0.333. The normalized spacial score (nSPS) is 21.0. The number of hydrogen-bond acceptors (Lipinski definition) is 4. The van der Waals surface area contributed by atoms with Crippen molar-refractivity contribution in [3.05, 3.63) is 58.2 Å². The SMILES string of the molecule is COC(=O)C1=C(C)NC2=C(C(=O)CCC2)C1c1ccccc1F. The average Bonchev–Trinajstić information content (AvgIpc) is 2.54. The third-order valence-electron chi connectivity index (χ3n) is 4.40. The van der Waals surface area contributed by atoms with E-state index in [1.165, 1.54) is 13.2 Å². The van der Waals surface area contributed by atoms with Crippen LogP contribution < -0.4 is 5.32 Å². The van der Waals surface area contributed by atoms with Gasteiger partial charge in [-0.25, -0.2) is 9.18 Å². The van der Waals surface area contributed by atoms with Gasteiger partial charge in [0.15, 0.2) is 5.78 Å². The highest BCUT2D eigenvalue weighted by Crippen LogP contribution is 2.43. The van der Waals surface area contributed by atoms with Gasteiger partial charge in [-0.3, -0.25) is 4.79 Å². The van der Waals surface area contributed by atoms with Crippen LogP contribution in [0, 0.1) is 5.82 Å². The van der Waals surface area contributed by atoms with Crippen molar-refractivity contribution in [2.24, 2.45) is 0 Å². The highest BCUT2D eigenvalue weighted by Gasteiger charge is 2.39. The molecule has 1 aliphatic heterocycles. The maximum absolute atomic E-state index is 14.4. The van der Waals surface area contributed by atoms with Gasteiger partial charge in [0.2, 0.25) is 0 Å². The maximum atomic E-state index is 14.4. The number of hydrogen-bond donors (Lipinski definition) is 1. The Kier molecular flexibility index (Phi) is 4.03. The van der Waals surface area contributed by atoms with E-state index in [9.17, 15) is 14.0 Å². The second-order valence-corrected chi connectivity index (χ2v) is 5.78. The fourth-order valence-corrected chi connectivity index (χ4v) is 3.38. The summed E-state index contributed by atoms with van der Waals surface area (Å²) in [6, 6.07) is 6.26. The lowest BCUT2D eigenvalue weighted by Crippen LogP contribution is -2.34. The van der Waals surface area contributed by atoms with Gasteiger partial charge in [0.25, 0.3) is 0 Å². The first-order valence-electron chi connectivity index (χ1n) is 7.61. The molecule has 4 nitrogen and oxygen atoms in total. The number of ether oxygens (including phenoxy) is 1. The number of allylic oxidation sites excluding steroid dienone is 3. The second kappa shape index (κ2) is 5.99. The van der Waals surface area contributed by atoms with Crippen molar-refractivity contribution in [2.45, 2.75) is 32.1 Å². The molecule has 1 unspecified atom stereocenters. The summed E-state index contributed by atoms with van der Waals surface area (Å²) in [5, 5.41) is 3.15.